The first-order chi connectivity index (χ1) is 9.22. The first kappa shape index (κ1) is 12.0. The smallest absolute Gasteiger partial charge is 0.123 e. The molecule has 2 aromatic carbocycles. The van der Waals surface area contributed by atoms with Crippen molar-refractivity contribution in [3.8, 4) is 11.5 Å². The van der Waals surface area contributed by atoms with Crippen LogP contribution in [0.2, 0.25) is 0 Å². The largest absolute Gasteiger partial charge is 0.508 e. The number of thiophene rings is 1. The molecule has 0 radical (unpaired) electrons. The van der Waals surface area contributed by atoms with Gasteiger partial charge < -0.3 is 9.84 Å². The van der Waals surface area contributed by atoms with Gasteiger partial charge in [0, 0.05) is 21.7 Å². The van der Waals surface area contributed by atoms with Crippen molar-refractivity contribution in [2.75, 3.05) is 0 Å². The Bertz CT molecular complexity index is 721. The van der Waals surface area contributed by atoms with E-state index in [2.05, 4.69) is 0 Å². The van der Waals surface area contributed by atoms with Crippen molar-refractivity contribution < 1.29 is 14.2 Å². The van der Waals surface area contributed by atoms with Gasteiger partial charge in [-0.1, -0.05) is 6.07 Å². The molecule has 1 heterocycles. The van der Waals surface area contributed by atoms with Crippen LogP contribution >= 0.6 is 11.3 Å². The monoisotopic (exact) mass is 274 g/mol. The van der Waals surface area contributed by atoms with Crippen LogP contribution in [0, 0.1) is 5.82 Å². The summed E-state index contributed by atoms with van der Waals surface area (Å²) >= 11 is 1.56. The van der Waals surface area contributed by atoms with E-state index in [1.807, 2.05) is 5.38 Å². The number of halogens is 1. The van der Waals surface area contributed by atoms with E-state index in [0.29, 0.717) is 12.4 Å². The standard InChI is InChI=1S/C15H11FO2S/c16-11-4-5-15-14(6-11)10(9-19-15)8-18-13-3-1-2-12(17)7-13/h1-7,9,17H,8H2. The molecule has 0 saturated carbocycles. The van der Waals surface area contributed by atoms with E-state index >= 15 is 0 Å². The SMILES string of the molecule is Oc1cccc(OCc2csc3ccc(F)cc23)c1. The molecule has 3 rings (SSSR count). The number of ether oxygens (including phenoxy) is 1. The van der Waals surface area contributed by atoms with Gasteiger partial charge in [-0.05, 0) is 35.7 Å². The maximum atomic E-state index is 13.2. The molecule has 1 N–H and O–H groups in total. The van der Waals surface area contributed by atoms with Crippen molar-refractivity contribution in [2.45, 2.75) is 6.61 Å². The molecule has 0 amide bonds. The molecule has 0 fully saturated rings. The predicted octanol–water partition coefficient (Wildman–Crippen LogP) is 4.33. The summed E-state index contributed by atoms with van der Waals surface area (Å²) in [6, 6.07) is 11.4. The third kappa shape index (κ3) is 2.53. The lowest BCUT2D eigenvalue weighted by molar-refractivity contribution is 0.306. The van der Waals surface area contributed by atoms with E-state index in [1.54, 1.807) is 41.7 Å². The number of aromatic hydroxyl groups is 1. The van der Waals surface area contributed by atoms with Gasteiger partial charge in [0.05, 0.1) is 0 Å². The van der Waals surface area contributed by atoms with Gasteiger partial charge in [-0.3, -0.25) is 0 Å². The molecular weight excluding hydrogens is 263 g/mol. The van der Waals surface area contributed by atoms with Gasteiger partial charge in [0.2, 0.25) is 0 Å². The van der Waals surface area contributed by atoms with E-state index in [4.69, 9.17) is 4.74 Å². The fraction of sp³-hybridized carbons (Fsp3) is 0.0667. The zero-order valence-corrected chi connectivity index (χ0v) is 10.8. The predicted molar refractivity (Wildman–Crippen MR) is 74.2 cm³/mol. The molecule has 0 aliphatic carbocycles. The summed E-state index contributed by atoms with van der Waals surface area (Å²) < 4.78 is 19.9. The van der Waals surface area contributed by atoms with Crippen LogP contribution in [0.25, 0.3) is 10.1 Å². The lowest BCUT2D eigenvalue weighted by Gasteiger charge is -2.05. The van der Waals surface area contributed by atoms with Gasteiger partial charge in [0.1, 0.15) is 23.9 Å². The van der Waals surface area contributed by atoms with Crippen LogP contribution in [0.15, 0.2) is 47.8 Å². The summed E-state index contributed by atoms with van der Waals surface area (Å²) in [5.74, 6) is 0.513. The second-order valence-electron chi connectivity index (χ2n) is 4.19. The Labute approximate surface area is 113 Å². The number of rotatable bonds is 3. The fourth-order valence-electron chi connectivity index (χ4n) is 1.90. The molecule has 0 aliphatic heterocycles. The maximum Gasteiger partial charge on any atom is 0.123 e. The minimum Gasteiger partial charge on any atom is -0.508 e. The highest BCUT2D eigenvalue weighted by molar-refractivity contribution is 7.17. The Morgan fingerprint density at radius 2 is 2.05 bits per heavy atom. The fourth-order valence-corrected chi connectivity index (χ4v) is 2.83. The molecule has 0 saturated heterocycles. The summed E-state index contributed by atoms with van der Waals surface area (Å²) in [6.07, 6.45) is 0. The van der Waals surface area contributed by atoms with Gasteiger partial charge in [-0.2, -0.15) is 0 Å². The topological polar surface area (TPSA) is 29.5 Å². The van der Waals surface area contributed by atoms with Gasteiger partial charge in [-0.25, -0.2) is 4.39 Å². The van der Waals surface area contributed by atoms with Crippen molar-refractivity contribution in [1.29, 1.82) is 0 Å². The minimum absolute atomic E-state index is 0.165. The Kier molecular flexibility index (Phi) is 3.09. The summed E-state index contributed by atoms with van der Waals surface area (Å²) in [4.78, 5) is 0. The first-order valence-corrected chi connectivity index (χ1v) is 6.68. The lowest BCUT2D eigenvalue weighted by atomic mass is 10.2. The summed E-state index contributed by atoms with van der Waals surface area (Å²) in [7, 11) is 0. The van der Waals surface area contributed by atoms with Crippen LogP contribution in [0.4, 0.5) is 4.39 Å². The normalized spacial score (nSPS) is 10.8. The van der Waals surface area contributed by atoms with E-state index in [0.717, 1.165) is 15.6 Å². The third-order valence-corrected chi connectivity index (χ3v) is 3.84. The Hall–Kier alpha value is -2.07. The number of benzene rings is 2. The Balaban J connectivity index is 1.84. The number of phenolic OH excluding ortho intramolecular Hbond substituents is 1. The van der Waals surface area contributed by atoms with Crippen LogP contribution in [-0.2, 0) is 6.61 Å². The highest BCUT2D eigenvalue weighted by atomic mass is 32.1. The number of fused-ring (bicyclic) bond motifs is 1. The summed E-state index contributed by atoms with van der Waals surface area (Å²) in [6.45, 7) is 0.354. The molecule has 0 spiro atoms. The Morgan fingerprint density at radius 3 is 2.89 bits per heavy atom. The van der Waals surface area contributed by atoms with E-state index < -0.39 is 0 Å². The summed E-state index contributed by atoms with van der Waals surface area (Å²) in [5.41, 5.74) is 0.947. The maximum absolute atomic E-state index is 13.2. The molecule has 0 unspecified atom stereocenters. The van der Waals surface area contributed by atoms with Crippen LogP contribution in [0.1, 0.15) is 5.56 Å². The number of phenols is 1. The molecule has 2 nitrogen and oxygen atoms in total. The van der Waals surface area contributed by atoms with Crippen LogP contribution < -0.4 is 4.74 Å². The summed E-state index contributed by atoms with van der Waals surface area (Å²) in [5, 5.41) is 12.2. The van der Waals surface area contributed by atoms with E-state index in [1.165, 1.54) is 12.1 Å². The second kappa shape index (κ2) is 4.90. The molecule has 0 aliphatic rings. The molecule has 19 heavy (non-hydrogen) atoms. The van der Waals surface area contributed by atoms with Gasteiger partial charge in [-0.15, -0.1) is 11.3 Å². The number of hydrogen-bond acceptors (Lipinski definition) is 3. The molecule has 0 bridgehead atoms. The zero-order valence-electron chi connectivity index (χ0n) is 9.97. The Morgan fingerprint density at radius 1 is 1.16 bits per heavy atom. The minimum atomic E-state index is -0.246. The highest BCUT2D eigenvalue weighted by Crippen LogP contribution is 2.28. The van der Waals surface area contributed by atoms with Crippen LogP contribution in [0.3, 0.4) is 0 Å². The van der Waals surface area contributed by atoms with E-state index in [-0.39, 0.29) is 11.6 Å². The average Bonchev–Trinajstić information content (AvgIpc) is 2.79. The van der Waals surface area contributed by atoms with Gasteiger partial charge >= 0.3 is 0 Å². The van der Waals surface area contributed by atoms with Crippen molar-refractivity contribution in [2.24, 2.45) is 0 Å². The molecule has 4 heteroatoms. The molecular formula is C15H11FO2S. The van der Waals surface area contributed by atoms with Crippen LogP contribution in [-0.4, -0.2) is 5.11 Å². The second-order valence-corrected chi connectivity index (χ2v) is 5.10. The zero-order chi connectivity index (χ0) is 13.2. The third-order valence-electron chi connectivity index (χ3n) is 2.83. The number of hydrogen-bond donors (Lipinski definition) is 1. The average molecular weight is 274 g/mol. The highest BCUT2D eigenvalue weighted by Gasteiger charge is 2.06. The van der Waals surface area contributed by atoms with Crippen LogP contribution in [0.5, 0.6) is 11.5 Å². The molecule has 3 aromatic rings. The molecule has 1 aromatic heterocycles. The quantitative estimate of drug-likeness (QED) is 0.770. The molecule has 96 valence electrons. The first-order valence-electron chi connectivity index (χ1n) is 5.80. The van der Waals surface area contributed by atoms with Gasteiger partial charge in [0.25, 0.3) is 0 Å². The van der Waals surface area contributed by atoms with Crippen molar-refractivity contribution in [1.82, 2.24) is 0 Å². The van der Waals surface area contributed by atoms with Crippen molar-refractivity contribution >= 4 is 21.4 Å². The van der Waals surface area contributed by atoms with Crippen molar-refractivity contribution in [3.05, 3.63) is 59.2 Å². The lowest BCUT2D eigenvalue weighted by Crippen LogP contribution is -1.94. The molecule has 0 atom stereocenters. The van der Waals surface area contributed by atoms with E-state index in [9.17, 15) is 9.50 Å². The van der Waals surface area contributed by atoms with Crippen molar-refractivity contribution in [3.63, 3.8) is 0 Å². The van der Waals surface area contributed by atoms with Gasteiger partial charge in [0.15, 0.2) is 0 Å².